The first-order valence-corrected chi connectivity index (χ1v) is 20.0. The number of phenolic OH excluding ortho intramolecular Hbond substituents is 1. The van der Waals surface area contributed by atoms with Crippen molar-refractivity contribution in [1.29, 1.82) is 0 Å². The standard InChI is InChI=1S/C41H30N6O9S2.Na.H/c1-24-19-29(12-16-36(24)46-45-30-11-14-33-27(20-30)21-32(23-39(33)48)58(54,55)56)44-47-38-18-17-37(34-15-13-31(22-35(34)38)57(51,52)53)43-41(50)26-7-9-28(10-8-26)42-40(49)25-5-3-2-4-6-25;;/h2-23,48H,1H3,(H,42,49)(H,43,50)(H,51,52,53)(H,54,55,56);;/q;+1;-1. The SMILES string of the molecule is Cc1cc(N=Nc2ccc(NC(=O)c3ccc(NC(=O)c4ccccc4)cc3)c3ccc(S(=O)(=O)O)cc23)ccc1N=Nc1ccc2c(O)cc(S(=O)(=O)O)cc2c1.[H-].[Na+]. The van der Waals surface area contributed by atoms with Crippen molar-refractivity contribution in [3.63, 3.8) is 0 Å². The number of aromatic hydroxyl groups is 1. The number of carbonyl (C=O) groups is 2. The second kappa shape index (κ2) is 17.4. The van der Waals surface area contributed by atoms with Gasteiger partial charge in [-0.15, -0.1) is 5.11 Å². The summed E-state index contributed by atoms with van der Waals surface area (Å²) in [4.78, 5) is 25.0. The Labute approximate surface area is 360 Å². The number of aryl methyl sites for hydroxylation is 1. The molecule has 15 nitrogen and oxygen atoms in total. The maximum atomic E-state index is 13.3. The third-order valence-corrected chi connectivity index (χ3v) is 10.5. The van der Waals surface area contributed by atoms with Crippen molar-refractivity contribution >= 4 is 87.7 Å². The van der Waals surface area contributed by atoms with E-state index in [1.165, 1.54) is 36.4 Å². The molecule has 0 fully saturated rings. The van der Waals surface area contributed by atoms with Gasteiger partial charge in [-0.2, -0.15) is 32.2 Å². The van der Waals surface area contributed by atoms with Crippen LogP contribution in [-0.4, -0.2) is 42.9 Å². The number of nitrogens with zero attached hydrogens (tertiary/aromatic N) is 4. The summed E-state index contributed by atoms with van der Waals surface area (Å²) in [6.07, 6.45) is 0. The van der Waals surface area contributed by atoms with Crippen LogP contribution in [0, 0.1) is 6.92 Å². The number of anilines is 2. The van der Waals surface area contributed by atoms with E-state index in [2.05, 4.69) is 31.1 Å². The van der Waals surface area contributed by atoms with Gasteiger partial charge in [0.1, 0.15) is 5.75 Å². The number of azo groups is 2. The molecule has 2 amide bonds. The number of hydrogen-bond acceptors (Lipinski definition) is 11. The largest absolute Gasteiger partial charge is 1.00 e. The van der Waals surface area contributed by atoms with Crippen LogP contribution in [0.1, 0.15) is 27.7 Å². The van der Waals surface area contributed by atoms with Crippen LogP contribution in [0.4, 0.5) is 34.1 Å². The molecule has 0 aromatic heterocycles. The summed E-state index contributed by atoms with van der Waals surface area (Å²) in [6.45, 7) is 1.77. The molecular formula is C41H31N6NaO9S2. The zero-order valence-electron chi connectivity index (χ0n) is 32.1. The van der Waals surface area contributed by atoms with Gasteiger partial charge in [-0.05, 0) is 121 Å². The van der Waals surface area contributed by atoms with Gasteiger partial charge in [-0.1, -0.05) is 24.3 Å². The van der Waals surface area contributed by atoms with Crippen molar-refractivity contribution in [2.45, 2.75) is 16.7 Å². The Hall–Kier alpha value is -6.18. The molecule has 0 spiro atoms. The van der Waals surface area contributed by atoms with Gasteiger partial charge in [-0.25, -0.2) is 0 Å². The zero-order valence-corrected chi connectivity index (χ0v) is 34.7. The fraction of sp³-hybridized carbons (Fsp3) is 0.0244. The van der Waals surface area contributed by atoms with Gasteiger partial charge < -0.3 is 17.2 Å². The molecule has 0 aliphatic heterocycles. The average molecular weight is 839 g/mol. The minimum Gasteiger partial charge on any atom is -1.00 e. The average Bonchev–Trinajstić information content (AvgIpc) is 3.19. The van der Waals surface area contributed by atoms with Gasteiger partial charge in [-0.3, -0.25) is 18.7 Å². The first-order valence-electron chi connectivity index (χ1n) is 17.1. The molecule has 7 aromatic carbocycles. The number of nitrogens with one attached hydrogen (secondary N) is 2. The molecule has 0 saturated heterocycles. The molecule has 18 heteroatoms. The van der Waals surface area contributed by atoms with Crippen LogP contribution in [0.3, 0.4) is 0 Å². The molecule has 292 valence electrons. The van der Waals surface area contributed by atoms with Crippen LogP contribution in [0.25, 0.3) is 21.5 Å². The topological polar surface area (TPSA) is 237 Å². The second-order valence-corrected chi connectivity index (χ2v) is 15.7. The van der Waals surface area contributed by atoms with Crippen LogP contribution in [0.15, 0.2) is 164 Å². The van der Waals surface area contributed by atoms with E-state index in [1.54, 1.807) is 97.9 Å². The van der Waals surface area contributed by atoms with Gasteiger partial charge >= 0.3 is 29.6 Å². The minimum atomic E-state index is -4.60. The summed E-state index contributed by atoms with van der Waals surface area (Å²) in [5.41, 5.74) is 3.72. The molecule has 0 heterocycles. The van der Waals surface area contributed by atoms with Gasteiger partial charge in [0.25, 0.3) is 32.1 Å². The molecule has 0 unspecified atom stereocenters. The Balaban J connectivity index is 0.00000341. The molecular weight excluding hydrogens is 808 g/mol. The predicted molar refractivity (Wildman–Crippen MR) is 219 cm³/mol. The van der Waals surface area contributed by atoms with E-state index in [4.69, 9.17) is 0 Å². The van der Waals surface area contributed by atoms with Crippen molar-refractivity contribution < 1.29 is 71.6 Å². The van der Waals surface area contributed by atoms with Gasteiger partial charge in [0.15, 0.2) is 0 Å². The number of amides is 2. The summed E-state index contributed by atoms with van der Waals surface area (Å²) in [5, 5.41) is 34.4. The monoisotopic (exact) mass is 838 g/mol. The Morgan fingerprint density at radius 2 is 1.15 bits per heavy atom. The number of carbonyl (C=O) groups excluding carboxylic acids is 2. The van der Waals surface area contributed by atoms with Crippen LogP contribution in [0.5, 0.6) is 5.75 Å². The summed E-state index contributed by atoms with van der Waals surface area (Å²) in [5.74, 6) is -1.10. The van der Waals surface area contributed by atoms with Crippen LogP contribution >= 0.6 is 0 Å². The van der Waals surface area contributed by atoms with E-state index in [0.717, 1.165) is 6.07 Å². The van der Waals surface area contributed by atoms with E-state index >= 15 is 0 Å². The second-order valence-electron chi connectivity index (χ2n) is 12.9. The fourth-order valence-corrected chi connectivity index (χ4v) is 6.96. The molecule has 0 bridgehead atoms. The molecule has 0 aliphatic carbocycles. The summed E-state index contributed by atoms with van der Waals surface area (Å²) < 4.78 is 66.6. The van der Waals surface area contributed by atoms with Crippen molar-refractivity contribution in [2.24, 2.45) is 20.5 Å². The Bertz CT molecular complexity index is 3080. The predicted octanol–water partition coefficient (Wildman–Crippen LogP) is 6.95. The quantitative estimate of drug-likeness (QED) is 0.0543. The molecule has 0 radical (unpaired) electrons. The molecule has 5 N–H and O–H groups in total. The smallest absolute Gasteiger partial charge is 1.00 e. The van der Waals surface area contributed by atoms with Crippen molar-refractivity contribution in [3.05, 3.63) is 150 Å². The molecule has 7 rings (SSSR count). The van der Waals surface area contributed by atoms with E-state index in [0.29, 0.717) is 55.7 Å². The summed E-state index contributed by atoms with van der Waals surface area (Å²) in [7, 11) is -9.15. The van der Waals surface area contributed by atoms with Crippen LogP contribution in [0.2, 0.25) is 0 Å². The first kappa shape index (κ1) is 42.4. The zero-order chi connectivity index (χ0) is 41.2. The Kier molecular flexibility index (Phi) is 12.5. The normalized spacial score (nSPS) is 11.8. The maximum absolute atomic E-state index is 13.3. The van der Waals surface area contributed by atoms with E-state index in [-0.39, 0.29) is 64.2 Å². The molecule has 59 heavy (non-hydrogen) atoms. The van der Waals surface area contributed by atoms with Gasteiger partial charge in [0.05, 0.1) is 32.5 Å². The van der Waals surface area contributed by atoms with Crippen LogP contribution < -0.4 is 40.2 Å². The van der Waals surface area contributed by atoms with Crippen LogP contribution in [-0.2, 0) is 20.2 Å². The van der Waals surface area contributed by atoms with Gasteiger partial charge in [0.2, 0.25) is 0 Å². The third-order valence-electron chi connectivity index (χ3n) is 8.86. The molecule has 0 atom stereocenters. The fourth-order valence-electron chi connectivity index (χ4n) is 5.92. The number of fused-ring (bicyclic) bond motifs is 2. The van der Waals surface area contributed by atoms with Gasteiger partial charge in [0, 0.05) is 44.7 Å². The third kappa shape index (κ3) is 9.93. The Morgan fingerprint density at radius 3 is 1.83 bits per heavy atom. The van der Waals surface area contributed by atoms with E-state index < -0.39 is 31.0 Å². The van der Waals surface area contributed by atoms with E-state index in [9.17, 15) is 40.6 Å². The number of rotatable bonds is 10. The first-order chi connectivity index (χ1) is 27.6. The Morgan fingerprint density at radius 1 is 0.559 bits per heavy atom. The number of phenols is 1. The number of benzene rings is 7. The number of hydrogen-bond donors (Lipinski definition) is 5. The summed E-state index contributed by atoms with van der Waals surface area (Å²) in [6, 6.07) is 33.7. The van der Waals surface area contributed by atoms with Crippen molar-refractivity contribution in [1.82, 2.24) is 0 Å². The molecule has 7 aromatic rings. The maximum Gasteiger partial charge on any atom is 1.00 e. The van der Waals surface area contributed by atoms with Crippen molar-refractivity contribution in [2.75, 3.05) is 10.6 Å². The minimum absolute atomic E-state index is 0. The summed E-state index contributed by atoms with van der Waals surface area (Å²) >= 11 is 0. The van der Waals surface area contributed by atoms with Crippen molar-refractivity contribution in [3.8, 4) is 5.75 Å². The van der Waals surface area contributed by atoms with E-state index in [1.807, 2.05) is 0 Å². The molecule has 0 saturated carbocycles. The molecule has 0 aliphatic rings.